The first-order valence-corrected chi connectivity index (χ1v) is 20.9. The number of halogens is 3. The lowest BCUT2D eigenvalue weighted by atomic mass is 9.95. The van der Waals surface area contributed by atoms with Crippen molar-refractivity contribution in [1.82, 2.24) is 5.32 Å². The Morgan fingerprint density at radius 1 is 0.656 bits per heavy atom. The zero-order chi connectivity index (χ0) is 47.0. The second-order valence-electron chi connectivity index (χ2n) is 14.0. The van der Waals surface area contributed by atoms with Crippen LogP contribution in [0, 0.1) is 0 Å². The fraction of sp³-hybridized carbons (Fsp3) is 0.561. The number of alkyl halides is 3. The quantitative estimate of drug-likeness (QED) is 0.0631. The molecule has 354 valence electrons. The highest BCUT2D eigenvalue weighted by atomic mass is 35.6. The van der Waals surface area contributed by atoms with Crippen LogP contribution in [0.3, 0.4) is 0 Å². The van der Waals surface area contributed by atoms with Crippen LogP contribution < -0.4 is 19.5 Å². The number of alkyl carbamates (subject to hydrolysis) is 1. The van der Waals surface area contributed by atoms with E-state index in [1.807, 2.05) is 6.92 Å². The summed E-state index contributed by atoms with van der Waals surface area (Å²) in [5.74, 6) is -2.75. The van der Waals surface area contributed by atoms with Gasteiger partial charge in [-0.3, -0.25) is 19.2 Å². The zero-order valence-corrected chi connectivity index (χ0v) is 37.9. The van der Waals surface area contributed by atoms with Crippen LogP contribution in [0.1, 0.15) is 47.5 Å². The minimum absolute atomic E-state index is 0.0776. The predicted octanol–water partition coefficient (Wildman–Crippen LogP) is 5.13. The molecule has 0 aliphatic carbocycles. The second kappa shape index (κ2) is 25.0. The van der Waals surface area contributed by atoms with Crippen molar-refractivity contribution < 1.29 is 90.3 Å². The number of carbonyl (C=O) groups excluding carboxylic acids is 6. The van der Waals surface area contributed by atoms with E-state index in [0.717, 1.165) is 34.1 Å². The summed E-state index contributed by atoms with van der Waals surface area (Å²) < 4.78 is 73.5. The number of unbranched alkanes of at least 4 members (excludes halogenated alkanes) is 1. The van der Waals surface area contributed by atoms with E-state index in [4.69, 9.17) is 96.4 Å². The van der Waals surface area contributed by atoms with Gasteiger partial charge in [-0.2, -0.15) is 0 Å². The maximum absolute atomic E-state index is 13.7. The highest BCUT2D eigenvalue weighted by molar-refractivity contribution is 6.67. The number of amides is 1. The molecular formula is C41H50Cl3NO19. The number of hydrogen-bond donors (Lipinski definition) is 1. The first-order chi connectivity index (χ1) is 30.4. The minimum atomic E-state index is -2.08. The van der Waals surface area contributed by atoms with E-state index in [9.17, 15) is 28.8 Å². The molecule has 1 amide bonds. The molecule has 23 heteroatoms. The normalized spacial score (nSPS) is 25.4. The largest absolute Gasteiger partial charge is 0.514 e. The minimum Gasteiger partial charge on any atom is -0.497 e. The molecule has 20 nitrogen and oxygen atoms in total. The van der Waals surface area contributed by atoms with E-state index in [1.165, 1.54) is 31.4 Å². The van der Waals surface area contributed by atoms with Crippen LogP contribution in [0.4, 0.5) is 9.59 Å². The molecule has 4 rings (SSSR count). The summed E-state index contributed by atoms with van der Waals surface area (Å²) >= 11 is 17.5. The van der Waals surface area contributed by atoms with Crippen LogP contribution in [0.5, 0.6) is 17.2 Å². The van der Waals surface area contributed by atoms with Crippen molar-refractivity contribution in [3.05, 3.63) is 54.6 Å². The molecule has 0 aromatic heterocycles. The van der Waals surface area contributed by atoms with Crippen LogP contribution in [-0.2, 0) is 66.5 Å². The number of benzene rings is 2. The molecule has 0 radical (unpaired) electrons. The number of para-hydroxylation sites is 1. The number of methoxy groups -OCH3 is 1. The van der Waals surface area contributed by atoms with E-state index < -0.39 is 114 Å². The number of hydrogen-bond acceptors (Lipinski definition) is 19. The van der Waals surface area contributed by atoms with Crippen LogP contribution in [0.25, 0.3) is 0 Å². The lowest BCUT2D eigenvalue weighted by molar-refractivity contribution is -0.345. The number of rotatable bonds is 19. The molecule has 2 aliphatic rings. The highest BCUT2D eigenvalue weighted by Crippen LogP contribution is 2.36. The maximum atomic E-state index is 13.7. The molecule has 2 aromatic carbocycles. The van der Waals surface area contributed by atoms with Gasteiger partial charge in [-0.05, 0) is 42.8 Å². The summed E-state index contributed by atoms with van der Waals surface area (Å²) in [5, 5.41) is 2.44. The molecule has 0 bridgehead atoms. The summed E-state index contributed by atoms with van der Waals surface area (Å²) in [6, 6.07) is 12.3. The second-order valence-corrected chi connectivity index (χ2v) is 16.6. The van der Waals surface area contributed by atoms with Gasteiger partial charge in [-0.25, -0.2) is 9.59 Å². The van der Waals surface area contributed by atoms with Gasteiger partial charge in [0.1, 0.15) is 48.7 Å². The van der Waals surface area contributed by atoms with E-state index in [-0.39, 0.29) is 24.7 Å². The summed E-state index contributed by atoms with van der Waals surface area (Å²) in [6.07, 6.45) is -15.7. The Bertz CT molecular complexity index is 1850. The summed E-state index contributed by atoms with van der Waals surface area (Å²) in [5.41, 5.74) is 0. The van der Waals surface area contributed by atoms with Crippen LogP contribution >= 0.6 is 34.8 Å². The number of nitrogens with one attached hydrogen (secondary N) is 1. The molecule has 10 atom stereocenters. The zero-order valence-electron chi connectivity index (χ0n) is 35.6. The van der Waals surface area contributed by atoms with Gasteiger partial charge in [0.15, 0.2) is 36.8 Å². The summed E-state index contributed by atoms with van der Waals surface area (Å²) in [7, 11) is 1.46. The molecule has 4 unspecified atom stereocenters. The van der Waals surface area contributed by atoms with Crippen LogP contribution in [-0.4, -0.2) is 135 Å². The number of ether oxygens (including phenoxy) is 13. The molecule has 0 saturated carbocycles. The van der Waals surface area contributed by atoms with Crippen molar-refractivity contribution in [2.75, 3.05) is 33.5 Å². The molecule has 2 aromatic rings. The molecule has 2 aliphatic heterocycles. The Balaban J connectivity index is 1.91. The lowest BCUT2D eigenvalue weighted by Crippen LogP contribution is -2.70. The van der Waals surface area contributed by atoms with E-state index in [0.29, 0.717) is 12.2 Å². The number of carbonyl (C=O) groups is 6. The summed E-state index contributed by atoms with van der Waals surface area (Å²) in [4.78, 5) is 77.2. The van der Waals surface area contributed by atoms with Gasteiger partial charge in [-0.1, -0.05) is 66.3 Å². The van der Waals surface area contributed by atoms with Crippen molar-refractivity contribution >= 4 is 70.9 Å². The SMILES string of the molecule is CCCCOCC1O[C@@H](Oc2ccc(OC)cc2)C(O[C@@H]2OC(COC(C)=O)[C@@H](OC(C)=O)C(OC(C)=O)[C@@H]2NC(=O)OCC(Cl)(Cl)Cl)[C@@H](OC(=O)Oc2ccccc2)[C@H]1OC(C)=O. The smallest absolute Gasteiger partial charge is 0.497 e. The molecule has 0 spiro atoms. The molecule has 2 fully saturated rings. The Kier molecular flexibility index (Phi) is 20.3. The topological polar surface area (TPSA) is 234 Å². The standard InChI is InChI=1S/C41H50Cl3NO19/c1-7-8-18-53-19-29-33(57-24(4)48)35(64-40(51)60-27-12-10-9-11-13-27)36(38(62-29)59-28-16-14-26(52-6)15-17-28)63-37-31(45-39(50)55-21-41(42,43)44)34(58-25(5)49)32(56-23(3)47)30(61-37)20-54-22(2)46/h9-17,29-38H,7-8,18-21H2,1-6H3,(H,45,50)/t29?,30?,31-,32+,33-,34?,35-,36?,37-,38+/m0/s1. The average molecular weight is 967 g/mol. The Morgan fingerprint density at radius 2 is 1.23 bits per heavy atom. The molecule has 64 heavy (non-hydrogen) atoms. The Hall–Kier alpha value is -4.83. The highest BCUT2D eigenvalue weighted by Gasteiger charge is 2.57. The van der Waals surface area contributed by atoms with Gasteiger partial charge in [0, 0.05) is 34.3 Å². The first-order valence-electron chi connectivity index (χ1n) is 19.8. The van der Waals surface area contributed by atoms with E-state index in [2.05, 4.69) is 5.32 Å². The van der Waals surface area contributed by atoms with Crippen molar-refractivity contribution in [1.29, 1.82) is 0 Å². The number of esters is 4. The average Bonchev–Trinajstić information content (AvgIpc) is 3.22. The third-order valence-electron chi connectivity index (χ3n) is 8.95. The molecule has 2 saturated heterocycles. The van der Waals surface area contributed by atoms with Crippen molar-refractivity contribution in [2.45, 2.75) is 113 Å². The first kappa shape index (κ1) is 51.8. The summed E-state index contributed by atoms with van der Waals surface area (Å²) in [6.45, 7) is 4.89. The predicted molar refractivity (Wildman–Crippen MR) is 221 cm³/mol. The van der Waals surface area contributed by atoms with Crippen molar-refractivity contribution in [3.8, 4) is 17.2 Å². The molecular weight excluding hydrogens is 917 g/mol. The van der Waals surface area contributed by atoms with E-state index >= 15 is 0 Å². The van der Waals surface area contributed by atoms with Gasteiger partial charge in [0.05, 0.1) is 13.7 Å². The van der Waals surface area contributed by atoms with Gasteiger partial charge >= 0.3 is 36.1 Å². The fourth-order valence-corrected chi connectivity index (χ4v) is 6.49. The Morgan fingerprint density at radius 3 is 1.81 bits per heavy atom. The van der Waals surface area contributed by atoms with E-state index in [1.54, 1.807) is 30.3 Å². The molecule has 1 N–H and O–H groups in total. The third-order valence-corrected chi connectivity index (χ3v) is 9.28. The van der Waals surface area contributed by atoms with Gasteiger partial charge in [0.25, 0.3) is 0 Å². The Labute approximate surface area is 383 Å². The lowest BCUT2D eigenvalue weighted by Gasteiger charge is -2.49. The van der Waals surface area contributed by atoms with Crippen molar-refractivity contribution in [3.63, 3.8) is 0 Å². The monoisotopic (exact) mass is 965 g/mol. The molecule has 2 heterocycles. The van der Waals surface area contributed by atoms with Crippen LogP contribution in [0.2, 0.25) is 0 Å². The van der Waals surface area contributed by atoms with Gasteiger partial charge in [0.2, 0.25) is 10.1 Å². The third kappa shape index (κ3) is 16.6. The van der Waals surface area contributed by atoms with Crippen molar-refractivity contribution in [2.24, 2.45) is 0 Å². The van der Waals surface area contributed by atoms with Gasteiger partial charge < -0.3 is 66.9 Å². The van der Waals surface area contributed by atoms with Crippen LogP contribution in [0.15, 0.2) is 54.6 Å². The maximum Gasteiger partial charge on any atom is 0.514 e. The van der Waals surface area contributed by atoms with Gasteiger partial charge in [-0.15, -0.1) is 0 Å². The fourth-order valence-electron chi connectivity index (χ4n) is 6.33.